The molecule has 168 valence electrons. The molecular weight excluding hydrogens is 428 g/mol. The molecule has 1 amide bonds. The maximum Gasteiger partial charge on any atom is 0.255 e. The maximum atomic E-state index is 13.1. The van der Waals surface area contributed by atoms with E-state index in [9.17, 15) is 13.2 Å². The second-order valence-corrected chi connectivity index (χ2v) is 9.60. The van der Waals surface area contributed by atoms with E-state index in [4.69, 9.17) is 4.74 Å². The monoisotopic (exact) mass is 454 g/mol. The van der Waals surface area contributed by atoms with Crippen molar-refractivity contribution in [3.63, 3.8) is 0 Å². The zero-order chi connectivity index (χ0) is 22.7. The standard InChI is InChI=1S/C23H26N4O4S/c1-25-12-14-27(15-13-25)32(29,30)20-8-9-22(31-2)21(17-20)24-23(28)18-6-5-7-19(16-18)26-10-3-4-11-26/h3-11,16-17H,12-15H2,1-2H3,(H,24,28). The van der Waals surface area contributed by atoms with Crippen LogP contribution in [0.25, 0.3) is 5.69 Å². The average Bonchev–Trinajstić information content (AvgIpc) is 3.34. The van der Waals surface area contributed by atoms with Crippen molar-refractivity contribution in [2.75, 3.05) is 45.7 Å². The lowest BCUT2D eigenvalue weighted by atomic mass is 10.1. The lowest BCUT2D eigenvalue weighted by molar-refractivity contribution is 0.102. The van der Waals surface area contributed by atoms with E-state index in [0.717, 1.165) is 5.69 Å². The Morgan fingerprint density at radius 2 is 1.69 bits per heavy atom. The SMILES string of the molecule is COc1ccc(S(=O)(=O)N2CCN(C)CC2)cc1NC(=O)c1cccc(-n2cccc2)c1. The van der Waals surface area contributed by atoms with Crippen molar-refractivity contribution in [2.24, 2.45) is 0 Å². The highest BCUT2D eigenvalue weighted by atomic mass is 32.2. The molecule has 0 aliphatic carbocycles. The zero-order valence-corrected chi connectivity index (χ0v) is 18.9. The van der Waals surface area contributed by atoms with Gasteiger partial charge in [-0.05, 0) is 55.6 Å². The van der Waals surface area contributed by atoms with Crippen LogP contribution in [0.4, 0.5) is 5.69 Å². The third-order valence-electron chi connectivity index (χ3n) is 5.53. The molecule has 1 aliphatic heterocycles. The van der Waals surface area contributed by atoms with E-state index in [1.807, 2.05) is 42.2 Å². The van der Waals surface area contributed by atoms with Crippen molar-refractivity contribution < 1.29 is 17.9 Å². The number of carbonyl (C=O) groups excluding carboxylic acids is 1. The predicted octanol–water partition coefficient (Wildman–Crippen LogP) is 2.67. The Hall–Kier alpha value is -3.14. The fourth-order valence-electron chi connectivity index (χ4n) is 3.63. The fourth-order valence-corrected chi connectivity index (χ4v) is 5.08. The number of anilines is 1. The first-order valence-corrected chi connectivity index (χ1v) is 11.7. The summed E-state index contributed by atoms with van der Waals surface area (Å²) in [4.78, 5) is 15.2. The number of amides is 1. The number of hydrogen-bond donors (Lipinski definition) is 1. The van der Waals surface area contributed by atoms with Crippen molar-refractivity contribution in [3.05, 3.63) is 72.6 Å². The summed E-state index contributed by atoms with van der Waals surface area (Å²) < 4.78 is 35.0. The zero-order valence-electron chi connectivity index (χ0n) is 18.1. The molecule has 8 nitrogen and oxygen atoms in total. The van der Waals surface area contributed by atoms with Crippen LogP contribution in [0.3, 0.4) is 0 Å². The Morgan fingerprint density at radius 1 is 0.969 bits per heavy atom. The van der Waals surface area contributed by atoms with Crippen molar-refractivity contribution in [2.45, 2.75) is 4.90 Å². The molecule has 0 saturated carbocycles. The van der Waals surface area contributed by atoms with Gasteiger partial charge in [-0.25, -0.2) is 8.42 Å². The van der Waals surface area contributed by atoms with Gasteiger partial charge in [0, 0.05) is 49.8 Å². The van der Waals surface area contributed by atoms with Crippen LogP contribution in [0.2, 0.25) is 0 Å². The fraction of sp³-hybridized carbons (Fsp3) is 0.261. The molecule has 32 heavy (non-hydrogen) atoms. The smallest absolute Gasteiger partial charge is 0.255 e. The lowest BCUT2D eigenvalue weighted by Crippen LogP contribution is -2.47. The molecule has 0 unspecified atom stereocenters. The summed E-state index contributed by atoms with van der Waals surface area (Å²) in [6, 6.07) is 15.5. The summed E-state index contributed by atoms with van der Waals surface area (Å²) in [6.07, 6.45) is 3.79. The topological polar surface area (TPSA) is 83.9 Å². The quantitative estimate of drug-likeness (QED) is 0.619. The number of hydrogen-bond acceptors (Lipinski definition) is 5. The van der Waals surface area contributed by atoms with Gasteiger partial charge in [0.2, 0.25) is 10.0 Å². The Bertz CT molecular complexity index is 1200. The van der Waals surface area contributed by atoms with E-state index in [1.165, 1.54) is 23.5 Å². The second kappa shape index (κ2) is 9.15. The molecule has 1 fully saturated rings. The summed E-state index contributed by atoms with van der Waals surface area (Å²) in [5.41, 5.74) is 1.60. The largest absolute Gasteiger partial charge is 0.495 e. The minimum atomic E-state index is -3.67. The Kier molecular flexibility index (Phi) is 6.31. The first kappa shape index (κ1) is 22.1. The summed E-state index contributed by atoms with van der Waals surface area (Å²) in [5, 5.41) is 2.81. The number of carbonyl (C=O) groups is 1. The molecule has 2 heterocycles. The Balaban J connectivity index is 1.60. The van der Waals surface area contributed by atoms with E-state index < -0.39 is 10.0 Å². The number of ether oxygens (including phenoxy) is 1. The maximum absolute atomic E-state index is 13.1. The molecule has 0 spiro atoms. The minimum Gasteiger partial charge on any atom is -0.495 e. The molecule has 1 N–H and O–H groups in total. The summed E-state index contributed by atoms with van der Waals surface area (Å²) in [6.45, 7) is 2.21. The van der Waals surface area contributed by atoms with Gasteiger partial charge in [-0.15, -0.1) is 0 Å². The summed E-state index contributed by atoms with van der Waals surface area (Å²) in [7, 11) is -0.226. The van der Waals surface area contributed by atoms with Crippen molar-refractivity contribution in [1.82, 2.24) is 13.8 Å². The lowest BCUT2D eigenvalue weighted by Gasteiger charge is -2.31. The van der Waals surface area contributed by atoms with Crippen molar-refractivity contribution >= 4 is 21.6 Å². The number of nitrogens with zero attached hydrogens (tertiary/aromatic N) is 3. The van der Waals surface area contributed by atoms with Gasteiger partial charge < -0.3 is 19.5 Å². The van der Waals surface area contributed by atoms with E-state index in [1.54, 1.807) is 24.3 Å². The third kappa shape index (κ3) is 4.55. The van der Waals surface area contributed by atoms with Crippen LogP contribution in [0.15, 0.2) is 71.9 Å². The molecule has 1 aromatic heterocycles. The predicted molar refractivity (Wildman–Crippen MR) is 123 cm³/mol. The van der Waals surface area contributed by atoms with Gasteiger partial charge in [0.05, 0.1) is 17.7 Å². The Labute approximate surface area is 188 Å². The third-order valence-corrected chi connectivity index (χ3v) is 7.42. The second-order valence-electron chi connectivity index (χ2n) is 7.66. The van der Waals surface area contributed by atoms with E-state index in [0.29, 0.717) is 43.2 Å². The molecule has 1 saturated heterocycles. The van der Waals surface area contributed by atoms with Gasteiger partial charge in [0.1, 0.15) is 5.75 Å². The van der Waals surface area contributed by atoms with Crippen LogP contribution in [-0.4, -0.2) is 68.4 Å². The Morgan fingerprint density at radius 3 is 2.38 bits per heavy atom. The van der Waals surface area contributed by atoms with Gasteiger partial charge in [0.15, 0.2) is 0 Å². The van der Waals surface area contributed by atoms with Crippen LogP contribution in [0, 0.1) is 0 Å². The number of aromatic nitrogens is 1. The van der Waals surface area contributed by atoms with Crippen LogP contribution in [-0.2, 0) is 10.0 Å². The van der Waals surface area contributed by atoms with Crippen LogP contribution >= 0.6 is 0 Å². The molecule has 0 radical (unpaired) electrons. The summed E-state index contributed by atoms with van der Waals surface area (Å²) in [5.74, 6) is 0.0312. The number of benzene rings is 2. The van der Waals surface area contributed by atoms with Gasteiger partial charge in [-0.3, -0.25) is 4.79 Å². The molecule has 9 heteroatoms. The number of likely N-dealkylation sites (N-methyl/N-ethyl adjacent to an activating group) is 1. The first-order chi connectivity index (χ1) is 15.4. The van der Waals surface area contributed by atoms with E-state index in [-0.39, 0.29) is 10.8 Å². The first-order valence-electron chi connectivity index (χ1n) is 10.3. The van der Waals surface area contributed by atoms with Crippen LogP contribution in [0.5, 0.6) is 5.75 Å². The van der Waals surface area contributed by atoms with Crippen LogP contribution in [0.1, 0.15) is 10.4 Å². The molecule has 3 aromatic rings. The minimum absolute atomic E-state index is 0.124. The molecule has 0 atom stereocenters. The number of nitrogens with one attached hydrogen (secondary N) is 1. The van der Waals surface area contributed by atoms with Gasteiger partial charge >= 0.3 is 0 Å². The molecular formula is C23H26N4O4S. The molecule has 2 aromatic carbocycles. The number of methoxy groups -OCH3 is 1. The summed E-state index contributed by atoms with van der Waals surface area (Å²) >= 11 is 0. The average molecular weight is 455 g/mol. The normalized spacial score (nSPS) is 15.4. The molecule has 4 rings (SSSR count). The highest BCUT2D eigenvalue weighted by molar-refractivity contribution is 7.89. The van der Waals surface area contributed by atoms with E-state index >= 15 is 0 Å². The molecule has 1 aliphatic rings. The van der Waals surface area contributed by atoms with Gasteiger partial charge in [-0.1, -0.05) is 6.07 Å². The number of rotatable bonds is 6. The van der Waals surface area contributed by atoms with Gasteiger partial charge in [0.25, 0.3) is 5.91 Å². The highest BCUT2D eigenvalue weighted by Crippen LogP contribution is 2.30. The van der Waals surface area contributed by atoms with Crippen molar-refractivity contribution in [1.29, 1.82) is 0 Å². The molecule has 0 bridgehead atoms. The number of sulfonamides is 1. The van der Waals surface area contributed by atoms with Crippen molar-refractivity contribution in [3.8, 4) is 11.4 Å². The van der Waals surface area contributed by atoms with Gasteiger partial charge in [-0.2, -0.15) is 4.31 Å². The number of piperazine rings is 1. The van der Waals surface area contributed by atoms with Crippen LogP contribution < -0.4 is 10.1 Å². The van der Waals surface area contributed by atoms with E-state index in [2.05, 4.69) is 10.2 Å². The highest BCUT2D eigenvalue weighted by Gasteiger charge is 2.28.